The van der Waals surface area contributed by atoms with Crippen molar-refractivity contribution < 1.29 is 9.59 Å². The van der Waals surface area contributed by atoms with Crippen molar-refractivity contribution in [2.24, 2.45) is 11.8 Å². The zero-order chi connectivity index (χ0) is 13.3. The van der Waals surface area contributed by atoms with Gasteiger partial charge in [0.25, 0.3) is 5.91 Å². The standard InChI is InChI=1S/C13H23N3O2/c1-9(2)8-16-11(17)13(3,15-12(16)18)10-5-4-6-14-7-10/h9-10,14H,4-8H2,1-3H3,(H,15,18). The first-order chi connectivity index (χ1) is 8.45. The number of urea groups is 1. The number of amides is 3. The van der Waals surface area contributed by atoms with E-state index in [9.17, 15) is 9.59 Å². The lowest BCUT2D eigenvalue weighted by atomic mass is 9.80. The van der Waals surface area contributed by atoms with E-state index in [1.165, 1.54) is 4.90 Å². The van der Waals surface area contributed by atoms with E-state index in [1.807, 2.05) is 20.8 Å². The number of hydrogen-bond donors (Lipinski definition) is 2. The van der Waals surface area contributed by atoms with Gasteiger partial charge in [-0.1, -0.05) is 13.8 Å². The average Bonchev–Trinajstić information content (AvgIpc) is 2.55. The lowest BCUT2D eigenvalue weighted by Gasteiger charge is -2.34. The van der Waals surface area contributed by atoms with Gasteiger partial charge in [0.1, 0.15) is 5.54 Å². The average molecular weight is 253 g/mol. The summed E-state index contributed by atoms with van der Waals surface area (Å²) < 4.78 is 0. The Kier molecular flexibility index (Phi) is 3.61. The minimum absolute atomic E-state index is 0.0603. The van der Waals surface area contributed by atoms with E-state index in [0.29, 0.717) is 12.5 Å². The first-order valence-electron chi connectivity index (χ1n) is 6.80. The van der Waals surface area contributed by atoms with E-state index in [-0.39, 0.29) is 17.9 Å². The van der Waals surface area contributed by atoms with Gasteiger partial charge in [0.15, 0.2) is 0 Å². The summed E-state index contributed by atoms with van der Waals surface area (Å²) >= 11 is 0. The lowest BCUT2D eigenvalue weighted by molar-refractivity contribution is -0.133. The molecule has 5 heteroatoms. The van der Waals surface area contributed by atoms with Crippen LogP contribution < -0.4 is 10.6 Å². The molecule has 2 rings (SSSR count). The molecule has 18 heavy (non-hydrogen) atoms. The van der Waals surface area contributed by atoms with Gasteiger partial charge in [0.05, 0.1) is 0 Å². The molecule has 2 heterocycles. The quantitative estimate of drug-likeness (QED) is 0.736. The van der Waals surface area contributed by atoms with E-state index in [4.69, 9.17) is 0 Å². The Morgan fingerprint density at radius 1 is 1.44 bits per heavy atom. The summed E-state index contributed by atoms with van der Waals surface area (Å²) in [6.07, 6.45) is 2.05. The molecule has 0 radical (unpaired) electrons. The molecule has 0 aliphatic carbocycles. The van der Waals surface area contributed by atoms with Crippen molar-refractivity contribution in [3.8, 4) is 0 Å². The van der Waals surface area contributed by atoms with Gasteiger partial charge in [0.2, 0.25) is 0 Å². The Bertz CT molecular complexity index is 350. The van der Waals surface area contributed by atoms with E-state index in [2.05, 4.69) is 10.6 Å². The summed E-state index contributed by atoms with van der Waals surface area (Å²) in [6.45, 7) is 8.20. The monoisotopic (exact) mass is 253 g/mol. The van der Waals surface area contributed by atoms with Crippen LogP contribution in [-0.2, 0) is 4.79 Å². The summed E-state index contributed by atoms with van der Waals surface area (Å²) in [5, 5.41) is 6.21. The van der Waals surface area contributed by atoms with Crippen molar-refractivity contribution in [1.82, 2.24) is 15.5 Å². The van der Waals surface area contributed by atoms with Crippen LogP contribution in [-0.4, -0.2) is 42.0 Å². The zero-order valence-corrected chi connectivity index (χ0v) is 11.5. The van der Waals surface area contributed by atoms with Gasteiger partial charge in [-0.25, -0.2) is 4.79 Å². The lowest BCUT2D eigenvalue weighted by Crippen LogP contribution is -2.55. The fourth-order valence-electron chi connectivity index (χ4n) is 2.87. The number of imide groups is 1. The summed E-state index contributed by atoms with van der Waals surface area (Å²) in [4.78, 5) is 25.8. The summed E-state index contributed by atoms with van der Waals surface area (Å²) in [5.74, 6) is 0.432. The first-order valence-corrected chi connectivity index (χ1v) is 6.80. The van der Waals surface area contributed by atoms with Crippen LogP contribution in [0.2, 0.25) is 0 Å². The largest absolute Gasteiger partial charge is 0.325 e. The maximum Gasteiger partial charge on any atom is 0.325 e. The Labute approximate surface area is 108 Å². The number of carbonyl (C=O) groups excluding carboxylic acids is 2. The first kappa shape index (κ1) is 13.3. The minimum Gasteiger partial charge on any atom is -0.323 e. The smallest absolute Gasteiger partial charge is 0.323 e. The molecule has 2 atom stereocenters. The number of carbonyl (C=O) groups is 2. The van der Waals surface area contributed by atoms with Gasteiger partial charge in [-0.15, -0.1) is 0 Å². The summed E-state index contributed by atoms with van der Waals surface area (Å²) in [5.41, 5.74) is -0.723. The van der Waals surface area contributed by atoms with Crippen LogP contribution in [0.3, 0.4) is 0 Å². The maximum absolute atomic E-state index is 12.5. The van der Waals surface area contributed by atoms with Crippen LogP contribution in [0.4, 0.5) is 4.79 Å². The third kappa shape index (κ3) is 2.23. The molecule has 0 aromatic rings. The highest BCUT2D eigenvalue weighted by Gasteiger charge is 2.52. The molecule has 0 aromatic heterocycles. The molecule has 0 saturated carbocycles. The summed E-state index contributed by atoms with van der Waals surface area (Å²) in [7, 11) is 0. The van der Waals surface area contributed by atoms with Gasteiger partial charge >= 0.3 is 6.03 Å². The Balaban J connectivity index is 2.14. The molecule has 2 saturated heterocycles. The van der Waals surface area contributed by atoms with Crippen LogP contribution in [0, 0.1) is 11.8 Å². The molecule has 5 nitrogen and oxygen atoms in total. The van der Waals surface area contributed by atoms with Crippen LogP contribution in [0.1, 0.15) is 33.6 Å². The second-order valence-electron chi connectivity index (χ2n) is 5.99. The number of nitrogens with zero attached hydrogens (tertiary/aromatic N) is 1. The highest BCUT2D eigenvalue weighted by atomic mass is 16.2. The van der Waals surface area contributed by atoms with Crippen molar-refractivity contribution in [3.63, 3.8) is 0 Å². The Hall–Kier alpha value is -1.10. The molecular formula is C13H23N3O2. The normalized spacial score (nSPS) is 33.1. The van der Waals surface area contributed by atoms with Crippen LogP contribution in [0.5, 0.6) is 0 Å². The van der Waals surface area contributed by atoms with Crippen molar-refractivity contribution >= 4 is 11.9 Å². The molecule has 3 amide bonds. The minimum atomic E-state index is -0.723. The molecular weight excluding hydrogens is 230 g/mol. The van der Waals surface area contributed by atoms with Crippen LogP contribution in [0.25, 0.3) is 0 Å². The van der Waals surface area contributed by atoms with Gasteiger partial charge in [-0.2, -0.15) is 0 Å². The second kappa shape index (κ2) is 4.88. The van der Waals surface area contributed by atoms with E-state index < -0.39 is 5.54 Å². The van der Waals surface area contributed by atoms with Gasteiger partial charge in [0, 0.05) is 19.0 Å². The third-order valence-corrected chi connectivity index (χ3v) is 3.96. The number of rotatable bonds is 3. The molecule has 102 valence electrons. The Morgan fingerprint density at radius 3 is 2.72 bits per heavy atom. The molecule has 2 N–H and O–H groups in total. The predicted molar refractivity (Wildman–Crippen MR) is 69.1 cm³/mol. The van der Waals surface area contributed by atoms with Gasteiger partial charge in [-0.05, 0) is 32.2 Å². The molecule has 0 aromatic carbocycles. The fourth-order valence-corrected chi connectivity index (χ4v) is 2.87. The molecule has 0 bridgehead atoms. The highest BCUT2D eigenvalue weighted by molar-refractivity contribution is 6.07. The third-order valence-electron chi connectivity index (χ3n) is 3.96. The van der Waals surface area contributed by atoms with E-state index >= 15 is 0 Å². The zero-order valence-electron chi connectivity index (χ0n) is 11.5. The predicted octanol–water partition coefficient (Wildman–Crippen LogP) is 0.952. The second-order valence-corrected chi connectivity index (χ2v) is 5.99. The topological polar surface area (TPSA) is 61.4 Å². The molecule has 2 unspecified atom stereocenters. The summed E-state index contributed by atoms with van der Waals surface area (Å²) in [6, 6.07) is -0.234. The van der Waals surface area contributed by atoms with Crippen LogP contribution >= 0.6 is 0 Å². The SMILES string of the molecule is CC(C)CN1C(=O)NC(C)(C2CCCNC2)C1=O. The molecule has 2 fully saturated rings. The molecule has 2 aliphatic heterocycles. The molecule has 2 aliphatic rings. The van der Waals surface area contributed by atoms with E-state index in [1.54, 1.807) is 0 Å². The van der Waals surface area contributed by atoms with Crippen molar-refractivity contribution in [3.05, 3.63) is 0 Å². The fraction of sp³-hybridized carbons (Fsp3) is 0.846. The van der Waals surface area contributed by atoms with Crippen LogP contribution in [0.15, 0.2) is 0 Å². The number of piperidine rings is 1. The van der Waals surface area contributed by atoms with E-state index in [0.717, 1.165) is 25.9 Å². The Morgan fingerprint density at radius 2 is 2.17 bits per heavy atom. The van der Waals surface area contributed by atoms with Gasteiger partial charge < -0.3 is 10.6 Å². The maximum atomic E-state index is 12.5. The number of hydrogen-bond acceptors (Lipinski definition) is 3. The molecule has 0 spiro atoms. The van der Waals surface area contributed by atoms with Crippen molar-refractivity contribution in [2.45, 2.75) is 39.2 Å². The highest BCUT2D eigenvalue weighted by Crippen LogP contribution is 2.30. The number of nitrogens with one attached hydrogen (secondary N) is 2. The van der Waals surface area contributed by atoms with Crippen molar-refractivity contribution in [1.29, 1.82) is 0 Å². The van der Waals surface area contributed by atoms with Crippen molar-refractivity contribution in [2.75, 3.05) is 19.6 Å². The van der Waals surface area contributed by atoms with Gasteiger partial charge in [-0.3, -0.25) is 9.69 Å².